The van der Waals surface area contributed by atoms with Crippen molar-refractivity contribution in [3.63, 3.8) is 0 Å². The van der Waals surface area contributed by atoms with Gasteiger partial charge in [0.25, 0.3) is 5.69 Å². The number of amides is 1. The molecule has 33 heavy (non-hydrogen) atoms. The highest BCUT2D eigenvalue weighted by atomic mass is 35.5. The predicted molar refractivity (Wildman–Crippen MR) is 130 cm³/mol. The van der Waals surface area contributed by atoms with Crippen molar-refractivity contribution in [1.29, 1.82) is 0 Å². The molecule has 4 rings (SSSR count). The van der Waals surface area contributed by atoms with Crippen LogP contribution in [0.15, 0.2) is 54.6 Å². The van der Waals surface area contributed by atoms with Gasteiger partial charge in [0.2, 0.25) is 11.0 Å². The van der Waals surface area contributed by atoms with Crippen molar-refractivity contribution in [3.05, 3.63) is 86.7 Å². The lowest BCUT2D eigenvalue weighted by Crippen LogP contribution is -2.53. The van der Waals surface area contributed by atoms with Crippen LogP contribution >= 0.6 is 23.1 Å². The summed E-state index contributed by atoms with van der Waals surface area (Å²) in [5.41, 5.74) is 1.87. The summed E-state index contributed by atoms with van der Waals surface area (Å²) in [6.07, 6.45) is 3.84. The van der Waals surface area contributed by atoms with E-state index < -0.39 is 4.92 Å². The molecule has 0 bridgehead atoms. The minimum Gasteiger partial charge on any atom is -0.343 e. The van der Waals surface area contributed by atoms with Crippen LogP contribution < -0.4 is 4.90 Å². The molecule has 1 saturated heterocycles. The molecule has 10 heteroatoms. The third-order valence-electron chi connectivity index (χ3n) is 5.44. The number of nitro groups is 1. The van der Waals surface area contributed by atoms with Crippen molar-refractivity contribution >= 4 is 45.9 Å². The molecule has 1 unspecified atom stereocenters. The number of carbonyl (C=O) groups excluding carboxylic acids is 1. The van der Waals surface area contributed by atoms with Crippen LogP contribution in [-0.2, 0) is 11.2 Å². The SMILES string of the molecule is CC1CN(c2nc(Cc3ccc(Cl)cc3)ns2)CCN1C(=O)C=Cc1ccc([N+](=O)[O-])cc1. The molecule has 3 aromatic rings. The number of nitrogens with zero attached hydrogens (tertiary/aromatic N) is 5. The van der Waals surface area contributed by atoms with E-state index in [1.807, 2.05) is 36.1 Å². The normalized spacial score (nSPS) is 16.4. The van der Waals surface area contributed by atoms with E-state index >= 15 is 0 Å². The van der Waals surface area contributed by atoms with Gasteiger partial charge in [-0.05, 0) is 48.4 Å². The van der Waals surface area contributed by atoms with Crippen molar-refractivity contribution in [2.45, 2.75) is 19.4 Å². The minimum atomic E-state index is -0.446. The molecule has 0 aliphatic carbocycles. The molecule has 0 radical (unpaired) electrons. The summed E-state index contributed by atoms with van der Waals surface area (Å²) in [5.74, 6) is 0.690. The highest BCUT2D eigenvalue weighted by Gasteiger charge is 2.28. The van der Waals surface area contributed by atoms with E-state index in [1.165, 1.54) is 29.7 Å². The summed E-state index contributed by atoms with van der Waals surface area (Å²) in [6.45, 7) is 3.94. The van der Waals surface area contributed by atoms with Gasteiger partial charge in [-0.1, -0.05) is 23.7 Å². The molecule has 0 saturated carbocycles. The molecule has 1 amide bonds. The molecule has 1 aliphatic rings. The van der Waals surface area contributed by atoms with Crippen molar-refractivity contribution in [1.82, 2.24) is 14.3 Å². The Bertz CT molecular complexity index is 1160. The van der Waals surface area contributed by atoms with Gasteiger partial charge in [0.05, 0.1) is 4.92 Å². The maximum atomic E-state index is 12.7. The smallest absolute Gasteiger partial charge is 0.269 e. The third-order valence-corrected chi connectivity index (χ3v) is 6.50. The van der Waals surface area contributed by atoms with Gasteiger partial charge >= 0.3 is 0 Å². The van der Waals surface area contributed by atoms with Gasteiger partial charge in [0.1, 0.15) is 5.82 Å². The molecule has 1 aromatic heterocycles. The zero-order valence-electron chi connectivity index (χ0n) is 17.9. The minimum absolute atomic E-state index is 0.0105. The summed E-state index contributed by atoms with van der Waals surface area (Å²) in [4.78, 5) is 31.7. The van der Waals surface area contributed by atoms with Gasteiger partial charge in [-0.25, -0.2) is 4.98 Å². The maximum absolute atomic E-state index is 12.7. The first-order valence-corrected chi connectivity index (χ1v) is 11.6. The number of halogens is 1. The first kappa shape index (κ1) is 22.9. The summed E-state index contributed by atoms with van der Waals surface area (Å²) < 4.78 is 4.49. The second kappa shape index (κ2) is 10.1. The number of hydrogen-bond acceptors (Lipinski definition) is 7. The van der Waals surface area contributed by atoms with Gasteiger partial charge in [0.15, 0.2) is 0 Å². The number of anilines is 1. The fourth-order valence-electron chi connectivity index (χ4n) is 3.66. The number of non-ortho nitro benzene ring substituents is 1. The molecule has 1 aliphatic heterocycles. The van der Waals surface area contributed by atoms with E-state index in [0.717, 1.165) is 22.1 Å². The van der Waals surface area contributed by atoms with Crippen molar-refractivity contribution in [2.24, 2.45) is 0 Å². The Morgan fingerprint density at radius 2 is 1.94 bits per heavy atom. The van der Waals surface area contributed by atoms with Gasteiger partial charge in [-0.15, -0.1) is 0 Å². The van der Waals surface area contributed by atoms with E-state index in [1.54, 1.807) is 18.2 Å². The Morgan fingerprint density at radius 1 is 1.21 bits per heavy atom. The van der Waals surface area contributed by atoms with Crippen LogP contribution in [0.5, 0.6) is 0 Å². The van der Waals surface area contributed by atoms with Crippen LogP contribution in [-0.4, -0.2) is 50.8 Å². The Morgan fingerprint density at radius 3 is 2.61 bits per heavy atom. The Labute approximate surface area is 200 Å². The highest BCUT2D eigenvalue weighted by Crippen LogP contribution is 2.23. The molecule has 0 N–H and O–H groups in total. The van der Waals surface area contributed by atoms with E-state index in [4.69, 9.17) is 11.6 Å². The van der Waals surface area contributed by atoms with Crippen LogP contribution in [0.25, 0.3) is 6.08 Å². The Balaban J connectivity index is 1.33. The van der Waals surface area contributed by atoms with E-state index in [9.17, 15) is 14.9 Å². The number of benzene rings is 2. The second-order valence-corrected chi connectivity index (χ2v) is 8.97. The summed E-state index contributed by atoms with van der Waals surface area (Å²) in [7, 11) is 0. The van der Waals surface area contributed by atoms with Crippen LogP contribution in [0.3, 0.4) is 0 Å². The van der Waals surface area contributed by atoms with Crippen LogP contribution in [0.1, 0.15) is 23.9 Å². The number of piperazine rings is 1. The number of nitro benzene ring substituents is 1. The van der Waals surface area contributed by atoms with Crippen LogP contribution in [0.2, 0.25) is 5.02 Å². The monoisotopic (exact) mass is 483 g/mol. The molecule has 2 heterocycles. The topological polar surface area (TPSA) is 92.5 Å². The zero-order valence-corrected chi connectivity index (χ0v) is 19.5. The summed E-state index contributed by atoms with van der Waals surface area (Å²) >= 11 is 7.32. The quantitative estimate of drug-likeness (QED) is 0.292. The largest absolute Gasteiger partial charge is 0.343 e. The van der Waals surface area contributed by atoms with Gasteiger partial charge < -0.3 is 9.80 Å². The maximum Gasteiger partial charge on any atom is 0.269 e. The van der Waals surface area contributed by atoms with Crippen LogP contribution in [0, 0.1) is 10.1 Å². The second-order valence-electron chi connectivity index (χ2n) is 7.81. The Hall–Kier alpha value is -3.30. The lowest BCUT2D eigenvalue weighted by atomic mass is 10.1. The molecule has 1 atom stereocenters. The molecular weight excluding hydrogens is 462 g/mol. The molecule has 0 spiro atoms. The van der Waals surface area contributed by atoms with Crippen molar-refractivity contribution in [2.75, 3.05) is 24.5 Å². The fourth-order valence-corrected chi connectivity index (χ4v) is 4.50. The van der Waals surface area contributed by atoms with Gasteiger partial charge in [-0.2, -0.15) is 4.37 Å². The van der Waals surface area contributed by atoms with Gasteiger partial charge in [-0.3, -0.25) is 14.9 Å². The number of aromatic nitrogens is 2. The first-order chi connectivity index (χ1) is 15.9. The average molecular weight is 484 g/mol. The number of carbonyl (C=O) groups is 1. The van der Waals surface area contributed by atoms with Crippen molar-refractivity contribution < 1.29 is 9.72 Å². The fraction of sp³-hybridized carbons (Fsp3) is 0.261. The van der Waals surface area contributed by atoms with Crippen molar-refractivity contribution in [3.8, 4) is 0 Å². The summed E-state index contributed by atoms with van der Waals surface area (Å²) in [5, 5.41) is 12.3. The molecular formula is C23H22ClN5O3S. The predicted octanol–water partition coefficient (Wildman–Crippen LogP) is 4.44. The van der Waals surface area contributed by atoms with Crippen LogP contribution in [0.4, 0.5) is 10.8 Å². The Kier molecular flexibility index (Phi) is 7.00. The molecule has 1 fully saturated rings. The van der Waals surface area contributed by atoms with Gasteiger partial charge in [0, 0.05) is 66.9 Å². The highest BCUT2D eigenvalue weighted by molar-refractivity contribution is 7.09. The third kappa shape index (κ3) is 5.74. The lowest BCUT2D eigenvalue weighted by Gasteiger charge is -2.39. The molecule has 2 aromatic carbocycles. The van der Waals surface area contributed by atoms with E-state index in [0.29, 0.717) is 31.1 Å². The number of rotatable bonds is 6. The standard InChI is InChI=1S/C23H22ClN5O3S/c1-16-15-27(23-25-21(26-33-23)14-18-2-7-19(24)8-3-18)12-13-28(16)22(30)11-6-17-4-9-20(10-5-17)29(31)32/h2-11,16H,12-15H2,1H3. The molecule has 8 nitrogen and oxygen atoms in total. The first-order valence-electron chi connectivity index (χ1n) is 10.4. The average Bonchev–Trinajstić information content (AvgIpc) is 3.27. The zero-order chi connectivity index (χ0) is 23.4. The molecule has 170 valence electrons. The summed E-state index contributed by atoms with van der Waals surface area (Å²) in [6, 6.07) is 13.8. The number of hydrogen-bond donors (Lipinski definition) is 0. The van der Waals surface area contributed by atoms with E-state index in [2.05, 4.69) is 14.3 Å². The van der Waals surface area contributed by atoms with E-state index in [-0.39, 0.29) is 17.6 Å². The lowest BCUT2D eigenvalue weighted by molar-refractivity contribution is -0.384.